The Hall–Kier alpha value is -0.700. The average molecular weight is 163 g/mol. The maximum atomic E-state index is 8.12. The minimum Gasteiger partial charge on any atom is -0.397 e. The largest absolute Gasteiger partial charge is 0.397 e. The summed E-state index contributed by atoms with van der Waals surface area (Å²) in [5.41, 5.74) is 0. The molecule has 68 valence electrons. The first-order chi connectivity index (χ1) is 5.24. The van der Waals surface area contributed by atoms with Crippen LogP contribution in [0.1, 0.15) is 20.8 Å². The van der Waals surface area contributed by atoms with Gasteiger partial charge in [0, 0.05) is 6.61 Å². The lowest BCUT2D eigenvalue weighted by Gasteiger charge is -1.86. The minimum absolute atomic E-state index is 0.250. The van der Waals surface area contributed by atoms with E-state index >= 15 is 0 Å². The molecule has 0 fully saturated rings. The second kappa shape index (κ2) is 34.6. The summed E-state index contributed by atoms with van der Waals surface area (Å²) >= 11 is 0. The molecule has 0 spiro atoms. The van der Waals surface area contributed by atoms with Crippen LogP contribution >= 0.6 is 0 Å². The third-order valence-electron chi connectivity index (χ3n) is 0.500. The molecule has 0 aromatic rings. The topological polar surface area (TPSA) is 66.4 Å². The Morgan fingerprint density at radius 3 is 1.36 bits per heavy atom. The summed E-state index contributed by atoms with van der Waals surface area (Å²) in [6.45, 7) is 8.32. The summed E-state index contributed by atoms with van der Waals surface area (Å²) in [7, 11) is 0. The van der Waals surface area contributed by atoms with Gasteiger partial charge in [0.25, 0.3) is 0 Å². The Labute approximate surface area is 67.6 Å². The fraction of sp³-hybridized carbons (Fsp3) is 0.857. The van der Waals surface area contributed by atoms with E-state index in [9.17, 15) is 0 Å². The first-order valence-corrected chi connectivity index (χ1v) is 3.55. The number of hydrogen-bond donors (Lipinski definition) is 2. The molecule has 0 aromatic heterocycles. The van der Waals surface area contributed by atoms with Crippen molar-refractivity contribution in [2.24, 2.45) is 0 Å². The predicted octanol–water partition coefficient (Wildman–Crippen LogP) is 0.0309. The van der Waals surface area contributed by atoms with Gasteiger partial charge in [-0.15, -0.1) is 0 Å². The molecule has 0 saturated carbocycles. The van der Waals surface area contributed by atoms with Gasteiger partial charge in [0.2, 0.25) is 0 Å². The van der Waals surface area contributed by atoms with E-state index in [2.05, 4.69) is 19.2 Å². The van der Waals surface area contributed by atoms with Gasteiger partial charge in [0.1, 0.15) is 0 Å². The second-order valence-corrected chi connectivity index (χ2v) is 1.36. The van der Waals surface area contributed by atoms with Crippen molar-refractivity contribution in [3.8, 4) is 0 Å². The lowest BCUT2D eigenvalue weighted by molar-refractivity contribution is -0.191. The van der Waals surface area contributed by atoms with E-state index in [0.717, 1.165) is 13.1 Å². The number of nitrogens with one attached hydrogen (secondary N) is 1. The van der Waals surface area contributed by atoms with Crippen molar-refractivity contribution < 1.29 is 14.7 Å². The van der Waals surface area contributed by atoms with E-state index in [1.165, 1.54) is 0 Å². The van der Waals surface area contributed by atoms with E-state index in [1.54, 1.807) is 6.92 Å². The van der Waals surface area contributed by atoms with Gasteiger partial charge in [0.05, 0.1) is 0 Å². The first kappa shape index (κ1) is 16.7. The summed E-state index contributed by atoms with van der Waals surface area (Å²) in [6, 6.07) is 0. The van der Waals surface area contributed by atoms with Crippen LogP contribution in [0.3, 0.4) is 0 Å². The molecule has 0 saturated heterocycles. The smallest absolute Gasteiger partial charge is 0.373 e. The molecule has 0 amide bonds. The summed E-state index contributed by atoms with van der Waals surface area (Å²) in [5, 5.41) is 10.7. The lowest BCUT2D eigenvalue weighted by Crippen LogP contribution is -2.09. The van der Waals surface area contributed by atoms with Gasteiger partial charge in [-0.3, -0.25) is 0 Å². The van der Waals surface area contributed by atoms with E-state index in [0.29, 0.717) is 0 Å². The van der Waals surface area contributed by atoms with Crippen LogP contribution in [0, 0.1) is 0 Å². The van der Waals surface area contributed by atoms with Gasteiger partial charge < -0.3 is 10.4 Å². The molecule has 0 unspecified atom stereocenters. The van der Waals surface area contributed by atoms with Crippen molar-refractivity contribution in [1.82, 2.24) is 5.32 Å². The molecular weight excluding hydrogens is 146 g/mol. The summed E-state index contributed by atoms with van der Waals surface area (Å²) in [5.74, 6) is 0. The van der Waals surface area contributed by atoms with Crippen LogP contribution in [0.25, 0.3) is 0 Å². The number of aliphatic hydroxyl groups is 1. The molecule has 4 heteroatoms. The molecule has 0 atom stereocenters. The second-order valence-electron chi connectivity index (χ2n) is 1.36. The van der Waals surface area contributed by atoms with Crippen LogP contribution in [-0.4, -0.2) is 31.0 Å². The molecule has 0 rings (SSSR count). The van der Waals surface area contributed by atoms with Crippen molar-refractivity contribution >= 4 is 6.15 Å². The third-order valence-corrected chi connectivity index (χ3v) is 0.500. The number of rotatable bonds is 2. The molecule has 4 nitrogen and oxygen atoms in total. The Morgan fingerprint density at radius 1 is 1.18 bits per heavy atom. The van der Waals surface area contributed by atoms with Crippen LogP contribution < -0.4 is 5.32 Å². The maximum absolute atomic E-state index is 8.12. The standard InChI is InChI=1S/C4H11N.C2H6O.CO2/c1-3-5-4-2;1-2-3;2-1-3/h5H,3-4H2,1-2H3;3H,2H2,1H3;. The lowest BCUT2D eigenvalue weighted by atomic mass is 10.7. The quantitative estimate of drug-likeness (QED) is 0.602. The predicted molar refractivity (Wildman–Crippen MR) is 42.0 cm³/mol. The highest BCUT2D eigenvalue weighted by Gasteiger charge is 1.62. The maximum Gasteiger partial charge on any atom is 0.373 e. The van der Waals surface area contributed by atoms with Crippen molar-refractivity contribution in [3.63, 3.8) is 0 Å². The molecule has 0 aliphatic rings. The number of hydrogen-bond acceptors (Lipinski definition) is 4. The van der Waals surface area contributed by atoms with E-state index < -0.39 is 0 Å². The number of carbonyl (C=O) groups excluding carboxylic acids is 2. The Balaban J connectivity index is -0.0000000933. The van der Waals surface area contributed by atoms with Crippen LogP contribution in [0.4, 0.5) is 0 Å². The van der Waals surface area contributed by atoms with Crippen LogP contribution in [0.15, 0.2) is 0 Å². The highest BCUT2D eigenvalue weighted by molar-refractivity contribution is 5.20. The molecule has 11 heavy (non-hydrogen) atoms. The molecule has 0 heterocycles. The molecule has 0 aliphatic carbocycles. The Bertz CT molecular complexity index is 68.1. The van der Waals surface area contributed by atoms with Gasteiger partial charge >= 0.3 is 6.15 Å². The van der Waals surface area contributed by atoms with Crippen LogP contribution in [0.2, 0.25) is 0 Å². The fourth-order valence-electron chi connectivity index (χ4n) is 0.250. The first-order valence-electron chi connectivity index (χ1n) is 3.55. The van der Waals surface area contributed by atoms with Gasteiger partial charge in [-0.1, -0.05) is 13.8 Å². The summed E-state index contributed by atoms with van der Waals surface area (Å²) in [4.78, 5) is 16.2. The highest BCUT2D eigenvalue weighted by atomic mass is 16.2. The van der Waals surface area contributed by atoms with E-state index in [-0.39, 0.29) is 12.8 Å². The Kier molecular flexibility index (Phi) is 52.7. The van der Waals surface area contributed by atoms with Gasteiger partial charge in [-0.05, 0) is 20.0 Å². The fourth-order valence-corrected chi connectivity index (χ4v) is 0.250. The molecule has 0 aliphatic heterocycles. The van der Waals surface area contributed by atoms with Gasteiger partial charge in [-0.25, -0.2) is 0 Å². The van der Waals surface area contributed by atoms with Crippen LogP contribution in [-0.2, 0) is 9.59 Å². The van der Waals surface area contributed by atoms with E-state index in [4.69, 9.17) is 14.7 Å². The minimum atomic E-state index is 0.250. The molecular formula is C7H17NO3. The normalized spacial score (nSPS) is 6.18. The van der Waals surface area contributed by atoms with Gasteiger partial charge in [-0.2, -0.15) is 9.59 Å². The molecule has 2 N–H and O–H groups in total. The van der Waals surface area contributed by atoms with Crippen molar-refractivity contribution in [3.05, 3.63) is 0 Å². The van der Waals surface area contributed by atoms with E-state index in [1.807, 2.05) is 0 Å². The Morgan fingerprint density at radius 2 is 1.36 bits per heavy atom. The zero-order valence-electron chi connectivity index (χ0n) is 7.39. The van der Waals surface area contributed by atoms with Crippen molar-refractivity contribution in [1.29, 1.82) is 0 Å². The number of aliphatic hydroxyl groups excluding tert-OH is 1. The summed E-state index contributed by atoms with van der Waals surface area (Å²) < 4.78 is 0. The zero-order chi connectivity index (χ0) is 9.54. The molecule has 0 aromatic carbocycles. The highest BCUT2D eigenvalue weighted by Crippen LogP contribution is 1.47. The zero-order valence-corrected chi connectivity index (χ0v) is 7.39. The summed E-state index contributed by atoms with van der Waals surface area (Å²) in [6.07, 6.45) is 0.250. The SMILES string of the molecule is CCNCC.CCO.O=C=O. The van der Waals surface area contributed by atoms with Crippen molar-refractivity contribution in [2.75, 3.05) is 19.7 Å². The monoisotopic (exact) mass is 163 g/mol. The van der Waals surface area contributed by atoms with Crippen molar-refractivity contribution in [2.45, 2.75) is 20.8 Å². The van der Waals surface area contributed by atoms with Crippen LogP contribution in [0.5, 0.6) is 0 Å². The molecule has 0 bridgehead atoms. The van der Waals surface area contributed by atoms with Gasteiger partial charge in [0.15, 0.2) is 0 Å². The average Bonchev–Trinajstić information content (AvgIpc) is 1.92. The molecule has 0 radical (unpaired) electrons. The third kappa shape index (κ3) is 293.